The average molecular weight is 607 g/mol. The summed E-state index contributed by atoms with van der Waals surface area (Å²) in [7, 11) is -2.28. The summed E-state index contributed by atoms with van der Waals surface area (Å²) in [5.41, 5.74) is 1.73. The van der Waals surface area contributed by atoms with Crippen molar-refractivity contribution in [3.63, 3.8) is 0 Å². The second-order valence-electron chi connectivity index (χ2n) is 8.49. The van der Waals surface area contributed by atoms with E-state index >= 15 is 0 Å². The number of hydrogen-bond donors (Lipinski definition) is 2. The van der Waals surface area contributed by atoms with Crippen molar-refractivity contribution in [1.82, 2.24) is 19.5 Å². The molecule has 2 fully saturated rings. The smallest absolute Gasteiger partial charge is 0.339 e. The van der Waals surface area contributed by atoms with Crippen LogP contribution in [0.3, 0.4) is 0 Å². The highest BCUT2D eigenvalue weighted by Crippen LogP contribution is 2.36. The molecule has 3 heterocycles. The lowest BCUT2D eigenvalue weighted by Crippen LogP contribution is -2.71. The molecule has 2 N–H and O–H groups in total. The highest BCUT2D eigenvalue weighted by molar-refractivity contribution is 7.90. The molecule has 2 aliphatic rings. The number of rotatable bonds is 7. The topological polar surface area (TPSA) is 97.4 Å². The number of ether oxygens (including phenoxy) is 1. The minimum atomic E-state index is -3.57. The van der Waals surface area contributed by atoms with Gasteiger partial charge in [0.25, 0.3) is 0 Å². The summed E-state index contributed by atoms with van der Waals surface area (Å²) < 4.78 is 47.6. The first-order chi connectivity index (χ1) is 15.7. The van der Waals surface area contributed by atoms with Gasteiger partial charge in [-0.05, 0) is 18.2 Å². The lowest BCUT2D eigenvalue weighted by molar-refractivity contribution is 0.0600. The fourth-order valence-electron chi connectivity index (χ4n) is 4.59. The Labute approximate surface area is 234 Å². The van der Waals surface area contributed by atoms with Gasteiger partial charge in [0, 0.05) is 44.3 Å². The number of methoxy groups -OCH3 is 1. The molecule has 1 aromatic heterocycles. The number of quaternary nitrogens is 1. The molecule has 4 rings (SSSR count). The Kier molecular flexibility index (Phi) is 12.3. The first kappa shape index (κ1) is 32.8. The van der Waals surface area contributed by atoms with E-state index in [0.29, 0.717) is 47.7 Å². The number of benzene rings is 1. The normalized spacial score (nSPS) is 21.7. The molecule has 36 heavy (non-hydrogen) atoms. The Morgan fingerprint density at radius 3 is 2.36 bits per heavy atom. The molecule has 0 aliphatic carbocycles. The SMILES string of the molecule is COC(=O)c1ccc(CNS(=O)(=O)C2CC[N+](c3ccc(F)c(Cl)c3)(C3CNC3)CC2)nc1.Cl.Cl.Cl. The molecule has 0 radical (unpaired) electrons. The van der Waals surface area contributed by atoms with E-state index in [2.05, 4.69) is 19.8 Å². The van der Waals surface area contributed by atoms with Gasteiger partial charge in [0.15, 0.2) is 0 Å². The second kappa shape index (κ2) is 13.5. The molecule has 2 saturated heterocycles. The van der Waals surface area contributed by atoms with Crippen molar-refractivity contribution in [3.8, 4) is 0 Å². The summed E-state index contributed by atoms with van der Waals surface area (Å²) in [6.45, 7) is 2.97. The second-order valence-corrected chi connectivity index (χ2v) is 10.9. The Balaban J connectivity index is 0.00000216. The number of nitrogens with zero attached hydrogens (tertiary/aromatic N) is 2. The van der Waals surface area contributed by atoms with Gasteiger partial charge in [0.2, 0.25) is 10.0 Å². The number of aromatic nitrogens is 1. The number of carbonyl (C=O) groups is 1. The minimum absolute atomic E-state index is 0. The number of pyridine rings is 1. The molecule has 0 amide bonds. The Morgan fingerprint density at radius 1 is 1.19 bits per heavy atom. The van der Waals surface area contributed by atoms with Gasteiger partial charge >= 0.3 is 5.97 Å². The quantitative estimate of drug-likeness (QED) is 0.370. The summed E-state index contributed by atoms with van der Waals surface area (Å²) in [6.07, 6.45) is 2.33. The third-order valence-corrected chi connectivity index (χ3v) is 8.90. The zero-order valence-electron chi connectivity index (χ0n) is 19.5. The first-order valence-electron chi connectivity index (χ1n) is 10.8. The summed E-state index contributed by atoms with van der Waals surface area (Å²) in [4.78, 5) is 15.6. The van der Waals surface area contributed by atoms with Crippen LogP contribution in [0.5, 0.6) is 0 Å². The van der Waals surface area contributed by atoms with Crippen molar-refractivity contribution in [1.29, 1.82) is 0 Å². The largest absolute Gasteiger partial charge is 0.465 e. The van der Waals surface area contributed by atoms with Gasteiger partial charge in [-0.3, -0.25) is 9.47 Å². The van der Waals surface area contributed by atoms with E-state index in [-0.39, 0.29) is 48.8 Å². The van der Waals surface area contributed by atoms with Gasteiger partial charge in [-0.1, -0.05) is 11.6 Å². The van der Waals surface area contributed by atoms with Gasteiger partial charge in [0.05, 0.1) is 48.3 Å². The van der Waals surface area contributed by atoms with Crippen LogP contribution in [-0.4, -0.2) is 64.0 Å². The standard InChI is InChI=1S/C22H27ClFN4O4S.3ClH/c1-32-22(29)15-2-3-16(26-11-15)12-27-33(30,31)19-6-8-28(9-7-19,18-13-25-14-18)17-4-5-21(24)20(23)10-17;;;/h2-5,10-11,18-19,25,27H,6-9,12-14H2,1H3;3*1H/q+1;;;. The number of esters is 1. The molecule has 0 bridgehead atoms. The monoisotopic (exact) mass is 605 g/mol. The van der Waals surface area contributed by atoms with Crippen LogP contribution >= 0.6 is 48.8 Å². The number of nitrogens with one attached hydrogen (secondary N) is 2. The molecule has 0 atom stereocenters. The van der Waals surface area contributed by atoms with Gasteiger partial charge < -0.3 is 10.1 Å². The molecule has 14 heteroatoms. The van der Waals surface area contributed by atoms with E-state index in [0.717, 1.165) is 18.8 Å². The Morgan fingerprint density at radius 2 is 1.86 bits per heavy atom. The summed E-state index contributed by atoms with van der Waals surface area (Å²) in [5, 5.41) is 2.84. The molecule has 1 aromatic carbocycles. The van der Waals surface area contributed by atoms with Crippen LogP contribution in [0.15, 0.2) is 36.5 Å². The van der Waals surface area contributed by atoms with Crippen molar-refractivity contribution < 1.29 is 22.3 Å². The molecule has 202 valence electrons. The third-order valence-electron chi connectivity index (χ3n) is 6.72. The average Bonchev–Trinajstić information content (AvgIpc) is 2.78. The first-order valence-corrected chi connectivity index (χ1v) is 12.7. The van der Waals surface area contributed by atoms with Gasteiger partial charge in [-0.15, -0.1) is 37.2 Å². The van der Waals surface area contributed by atoms with E-state index in [4.69, 9.17) is 11.6 Å². The Hall–Kier alpha value is -1.24. The highest BCUT2D eigenvalue weighted by Gasteiger charge is 2.47. The van der Waals surface area contributed by atoms with E-state index in [1.165, 1.54) is 19.4 Å². The number of piperidine rings is 1. The lowest BCUT2D eigenvalue weighted by Gasteiger charge is -2.51. The molecular weight excluding hydrogens is 577 g/mol. The number of hydrogen-bond acceptors (Lipinski definition) is 6. The molecular formula is C22H30Cl4FN4O4S+. The maximum Gasteiger partial charge on any atom is 0.339 e. The fraction of sp³-hybridized carbons (Fsp3) is 0.455. The summed E-state index contributed by atoms with van der Waals surface area (Å²) >= 11 is 6.06. The van der Waals surface area contributed by atoms with Crippen LogP contribution in [-0.2, 0) is 21.3 Å². The Bertz CT molecular complexity index is 1130. The van der Waals surface area contributed by atoms with Crippen molar-refractivity contribution >= 4 is 70.5 Å². The van der Waals surface area contributed by atoms with Crippen LogP contribution in [0.2, 0.25) is 5.02 Å². The zero-order chi connectivity index (χ0) is 23.6. The highest BCUT2D eigenvalue weighted by atomic mass is 35.5. The predicted octanol–water partition coefficient (Wildman–Crippen LogP) is 3.49. The van der Waals surface area contributed by atoms with Gasteiger partial charge in [-0.25, -0.2) is 22.3 Å². The van der Waals surface area contributed by atoms with Crippen LogP contribution in [0, 0.1) is 5.82 Å². The van der Waals surface area contributed by atoms with Crippen LogP contribution in [0.4, 0.5) is 10.1 Å². The summed E-state index contributed by atoms with van der Waals surface area (Å²) in [5.74, 6) is -0.956. The van der Waals surface area contributed by atoms with Crippen molar-refractivity contribution in [2.45, 2.75) is 30.7 Å². The predicted molar refractivity (Wildman–Crippen MR) is 146 cm³/mol. The van der Waals surface area contributed by atoms with Gasteiger partial charge in [0.1, 0.15) is 17.5 Å². The van der Waals surface area contributed by atoms with E-state index in [1.807, 2.05) is 0 Å². The van der Waals surface area contributed by atoms with Crippen LogP contribution in [0.25, 0.3) is 0 Å². The number of sulfonamides is 1. The molecule has 0 spiro atoms. The maximum atomic E-state index is 13.7. The minimum Gasteiger partial charge on any atom is -0.465 e. The molecule has 0 saturated carbocycles. The van der Waals surface area contributed by atoms with Gasteiger partial charge in [-0.2, -0.15) is 0 Å². The third kappa shape index (κ3) is 6.79. The van der Waals surface area contributed by atoms with E-state index < -0.39 is 27.1 Å². The molecule has 0 unspecified atom stereocenters. The molecule has 2 aromatic rings. The maximum absolute atomic E-state index is 13.7. The fourth-order valence-corrected chi connectivity index (χ4v) is 6.19. The zero-order valence-corrected chi connectivity index (χ0v) is 23.5. The van der Waals surface area contributed by atoms with Crippen molar-refractivity contribution in [2.75, 3.05) is 33.3 Å². The van der Waals surface area contributed by atoms with Crippen LogP contribution < -0.4 is 14.5 Å². The van der Waals surface area contributed by atoms with E-state index in [1.54, 1.807) is 24.3 Å². The van der Waals surface area contributed by atoms with Crippen molar-refractivity contribution in [3.05, 3.63) is 58.6 Å². The number of likely N-dealkylation sites (tertiary alicyclic amines) is 1. The van der Waals surface area contributed by atoms with Crippen LogP contribution in [0.1, 0.15) is 28.9 Å². The lowest BCUT2D eigenvalue weighted by atomic mass is 9.97. The number of carbonyl (C=O) groups excluding carboxylic acids is 1. The molecule has 2 aliphatic heterocycles. The number of halogens is 5. The summed E-state index contributed by atoms with van der Waals surface area (Å²) in [6, 6.07) is 8.27. The van der Waals surface area contributed by atoms with Crippen molar-refractivity contribution in [2.24, 2.45) is 0 Å². The molecule has 8 nitrogen and oxygen atoms in total. The van der Waals surface area contributed by atoms with E-state index in [9.17, 15) is 17.6 Å².